The van der Waals surface area contributed by atoms with E-state index in [1.807, 2.05) is 0 Å². The number of hydrogen-bond donors (Lipinski definition) is 1. The third kappa shape index (κ3) is 3.44. The Morgan fingerprint density at radius 2 is 1.97 bits per heavy atom. The van der Waals surface area contributed by atoms with Crippen LogP contribution in [0.3, 0.4) is 0 Å². The van der Waals surface area contributed by atoms with Crippen molar-refractivity contribution in [3.8, 4) is 17.2 Å². The topological polar surface area (TPSA) is 98.2 Å². The maximum absolute atomic E-state index is 13.2. The van der Waals surface area contributed by atoms with E-state index in [1.165, 1.54) is 18.1 Å². The molecule has 0 aliphatic carbocycles. The van der Waals surface area contributed by atoms with Gasteiger partial charge in [0.2, 0.25) is 6.79 Å². The molecule has 0 saturated carbocycles. The Balaban J connectivity index is 1.70. The van der Waals surface area contributed by atoms with Crippen molar-refractivity contribution >= 4 is 34.7 Å². The second kappa shape index (κ2) is 8.14. The number of anilines is 1. The van der Waals surface area contributed by atoms with Gasteiger partial charge in [0.1, 0.15) is 11.5 Å². The minimum absolute atomic E-state index is 0.0715. The number of halogens is 1. The Hall–Kier alpha value is -4.04. The van der Waals surface area contributed by atoms with E-state index in [4.69, 9.17) is 25.8 Å². The van der Waals surface area contributed by atoms with Crippen LogP contribution >= 0.6 is 11.6 Å². The minimum atomic E-state index is -0.916. The largest absolute Gasteiger partial charge is 0.507 e. The van der Waals surface area contributed by atoms with E-state index in [1.54, 1.807) is 54.9 Å². The van der Waals surface area contributed by atoms with Crippen LogP contribution < -0.4 is 19.1 Å². The average molecular weight is 465 g/mol. The van der Waals surface area contributed by atoms with Crippen LogP contribution in [0, 0.1) is 0 Å². The van der Waals surface area contributed by atoms with Crippen LogP contribution in [0.25, 0.3) is 5.76 Å². The number of methoxy groups -OCH3 is 1. The number of ketones is 1. The molecule has 8 nitrogen and oxygen atoms in total. The van der Waals surface area contributed by atoms with Gasteiger partial charge >= 0.3 is 0 Å². The first-order valence-electron chi connectivity index (χ1n) is 9.94. The van der Waals surface area contributed by atoms with Crippen LogP contribution in [0.5, 0.6) is 17.2 Å². The first-order valence-corrected chi connectivity index (χ1v) is 10.3. The Kier molecular flexibility index (Phi) is 5.14. The number of rotatable bonds is 4. The number of Topliss-reactive ketones (excluding diaryl/α,β-unsaturated/α-hetero) is 1. The molecule has 1 unspecified atom stereocenters. The van der Waals surface area contributed by atoms with Gasteiger partial charge in [0.05, 0.1) is 23.7 Å². The van der Waals surface area contributed by atoms with Gasteiger partial charge in [-0.1, -0.05) is 17.7 Å². The van der Waals surface area contributed by atoms with Crippen molar-refractivity contribution in [3.63, 3.8) is 0 Å². The minimum Gasteiger partial charge on any atom is -0.507 e. The molecule has 166 valence electrons. The van der Waals surface area contributed by atoms with Gasteiger partial charge in [-0.3, -0.25) is 19.5 Å². The maximum atomic E-state index is 13.2. The molecule has 0 spiro atoms. The molecule has 3 heterocycles. The van der Waals surface area contributed by atoms with Crippen LogP contribution in [0.1, 0.15) is 17.2 Å². The normalized spacial score (nSPS) is 18.6. The molecule has 0 bridgehead atoms. The summed E-state index contributed by atoms with van der Waals surface area (Å²) in [4.78, 5) is 31.9. The van der Waals surface area contributed by atoms with Gasteiger partial charge in [-0.15, -0.1) is 0 Å². The van der Waals surface area contributed by atoms with E-state index in [0.717, 1.165) is 0 Å². The summed E-state index contributed by atoms with van der Waals surface area (Å²) < 4.78 is 16.0. The fourth-order valence-electron chi connectivity index (χ4n) is 3.95. The molecule has 2 aliphatic heterocycles. The fraction of sp³-hybridized carbons (Fsp3) is 0.125. The zero-order valence-electron chi connectivity index (χ0n) is 17.3. The van der Waals surface area contributed by atoms with Crippen LogP contribution in [0.4, 0.5) is 5.69 Å². The van der Waals surface area contributed by atoms with Gasteiger partial charge in [-0.25, -0.2) is 0 Å². The number of hydrogen-bond acceptors (Lipinski definition) is 7. The van der Waals surface area contributed by atoms with Crippen LogP contribution in [-0.4, -0.2) is 35.7 Å². The lowest BCUT2D eigenvalue weighted by molar-refractivity contribution is -0.132. The van der Waals surface area contributed by atoms with E-state index >= 15 is 0 Å². The predicted molar refractivity (Wildman–Crippen MR) is 120 cm³/mol. The lowest BCUT2D eigenvalue weighted by Gasteiger charge is -2.25. The quantitative estimate of drug-likeness (QED) is 0.352. The smallest absolute Gasteiger partial charge is 0.300 e. The number of carbonyl (C=O) groups is 2. The Bertz CT molecular complexity index is 1310. The highest BCUT2D eigenvalue weighted by Crippen LogP contribution is 2.45. The molecular formula is C24H17ClN2O6. The Morgan fingerprint density at radius 3 is 2.73 bits per heavy atom. The van der Waals surface area contributed by atoms with Crippen molar-refractivity contribution in [2.24, 2.45) is 0 Å². The first-order chi connectivity index (χ1) is 16.0. The number of aliphatic hydroxyl groups is 1. The van der Waals surface area contributed by atoms with Gasteiger partial charge in [0.15, 0.2) is 11.5 Å². The monoisotopic (exact) mass is 464 g/mol. The fourth-order valence-corrected chi connectivity index (χ4v) is 4.14. The van der Waals surface area contributed by atoms with Crippen LogP contribution in [0.2, 0.25) is 5.02 Å². The molecule has 2 aliphatic rings. The molecule has 1 saturated heterocycles. The summed E-state index contributed by atoms with van der Waals surface area (Å²) in [6.07, 6.45) is 3.13. The Labute approximate surface area is 193 Å². The summed E-state index contributed by atoms with van der Waals surface area (Å²) in [5.41, 5.74) is 1.18. The molecular weight excluding hydrogens is 448 g/mol. The maximum Gasteiger partial charge on any atom is 0.300 e. The van der Waals surface area contributed by atoms with Gasteiger partial charge in [-0.05, 0) is 42.0 Å². The molecule has 1 aromatic heterocycles. The van der Waals surface area contributed by atoms with E-state index in [-0.39, 0.29) is 23.7 Å². The molecule has 1 amide bonds. The number of amides is 1. The van der Waals surface area contributed by atoms with E-state index in [2.05, 4.69) is 4.98 Å². The predicted octanol–water partition coefficient (Wildman–Crippen LogP) is 4.10. The lowest BCUT2D eigenvalue weighted by Crippen LogP contribution is -2.29. The van der Waals surface area contributed by atoms with E-state index < -0.39 is 17.7 Å². The number of pyridine rings is 1. The number of aliphatic hydroxyl groups excluding tert-OH is 1. The summed E-state index contributed by atoms with van der Waals surface area (Å²) in [6, 6.07) is 12.1. The molecule has 5 rings (SSSR count). The summed E-state index contributed by atoms with van der Waals surface area (Å²) in [7, 11) is 1.44. The Morgan fingerprint density at radius 1 is 1.15 bits per heavy atom. The zero-order valence-corrected chi connectivity index (χ0v) is 18.1. The lowest BCUT2D eigenvalue weighted by atomic mass is 9.96. The first kappa shape index (κ1) is 20.8. The van der Waals surface area contributed by atoms with Crippen molar-refractivity contribution < 1.29 is 28.9 Å². The van der Waals surface area contributed by atoms with Gasteiger partial charge in [0, 0.05) is 29.7 Å². The third-order valence-corrected chi connectivity index (χ3v) is 5.82. The highest BCUT2D eigenvalue weighted by Gasteiger charge is 2.47. The molecule has 0 radical (unpaired) electrons. The summed E-state index contributed by atoms with van der Waals surface area (Å²) in [6.45, 7) is 0.0715. The highest BCUT2D eigenvalue weighted by atomic mass is 35.5. The summed E-state index contributed by atoms with van der Waals surface area (Å²) >= 11 is 6.10. The molecule has 1 fully saturated rings. The molecule has 1 atom stereocenters. The molecule has 3 aromatic rings. The second-order valence-electron chi connectivity index (χ2n) is 7.34. The van der Waals surface area contributed by atoms with E-state index in [9.17, 15) is 14.7 Å². The number of benzene rings is 2. The second-order valence-corrected chi connectivity index (χ2v) is 7.75. The number of carbonyl (C=O) groups excluding carboxylic acids is 2. The van der Waals surface area contributed by atoms with Gasteiger partial charge in [-0.2, -0.15) is 0 Å². The number of ether oxygens (including phenoxy) is 3. The SMILES string of the molecule is COc1cc(/C(O)=C2\C(=O)C(=O)N(c3ccc4c(c3)OCO4)C2c2cccnc2)ccc1Cl. The molecule has 9 heteroatoms. The van der Waals surface area contributed by atoms with Gasteiger partial charge in [0.25, 0.3) is 11.7 Å². The molecule has 2 aromatic carbocycles. The van der Waals surface area contributed by atoms with E-state index in [0.29, 0.717) is 33.5 Å². The highest BCUT2D eigenvalue weighted by molar-refractivity contribution is 6.51. The summed E-state index contributed by atoms with van der Waals surface area (Å²) in [5.74, 6) is -0.634. The van der Waals surface area contributed by atoms with Gasteiger partial charge < -0.3 is 19.3 Å². The number of fused-ring (bicyclic) bond motifs is 1. The number of aromatic nitrogens is 1. The molecule has 33 heavy (non-hydrogen) atoms. The number of nitrogens with zero attached hydrogens (tertiary/aromatic N) is 2. The average Bonchev–Trinajstić information content (AvgIpc) is 3.41. The van der Waals surface area contributed by atoms with Crippen molar-refractivity contribution in [1.82, 2.24) is 4.98 Å². The van der Waals surface area contributed by atoms with Crippen molar-refractivity contribution in [2.75, 3.05) is 18.8 Å². The molecule has 1 N–H and O–H groups in total. The summed E-state index contributed by atoms with van der Waals surface area (Å²) in [5, 5.41) is 11.5. The zero-order chi connectivity index (χ0) is 23.1. The van der Waals surface area contributed by atoms with Crippen molar-refractivity contribution in [1.29, 1.82) is 0 Å². The third-order valence-electron chi connectivity index (χ3n) is 5.50. The van der Waals surface area contributed by atoms with Crippen LogP contribution in [0.15, 0.2) is 66.5 Å². The van der Waals surface area contributed by atoms with Crippen LogP contribution in [-0.2, 0) is 9.59 Å². The van der Waals surface area contributed by atoms with Crippen molar-refractivity contribution in [2.45, 2.75) is 6.04 Å². The van der Waals surface area contributed by atoms with Crippen molar-refractivity contribution in [3.05, 3.63) is 82.6 Å². The standard InChI is InChI=1S/C24H17ClN2O6/c1-31-18-9-13(4-6-16(18)25)22(28)20-21(14-3-2-8-26-11-14)27(24(30)23(20)29)15-5-7-17-19(10-15)33-12-32-17/h2-11,21,28H,12H2,1H3/b22-20+.